The molecule has 5 nitrogen and oxygen atoms in total. The van der Waals surface area contributed by atoms with Crippen LogP contribution >= 0.6 is 0 Å². The number of aromatic amines is 1. The number of anilines is 1. The van der Waals surface area contributed by atoms with Crippen molar-refractivity contribution in [3.63, 3.8) is 0 Å². The largest absolute Gasteiger partial charge is 0.365 e. The van der Waals surface area contributed by atoms with E-state index in [2.05, 4.69) is 16.4 Å². The molecule has 0 spiro atoms. The Balaban J connectivity index is 1.65. The molecule has 0 saturated heterocycles. The lowest BCUT2D eigenvalue weighted by atomic mass is 10.0. The van der Waals surface area contributed by atoms with Crippen molar-refractivity contribution < 1.29 is 4.39 Å². The number of imidazole rings is 1. The lowest BCUT2D eigenvalue weighted by molar-refractivity contribution is 0.627. The van der Waals surface area contributed by atoms with E-state index in [1.165, 1.54) is 12.1 Å². The highest BCUT2D eigenvalue weighted by Crippen LogP contribution is 2.29. The van der Waals surface area contributed by atoms with E-state index in [0.717, 1.165) is 33.2 Å². The fourth-order valence-electron chi connectivity index (χ4n) is 3.84. The van der Waals surface area contributed by atoms with Crippen LogP contribution in [0.5, 0.6) is 0 Å². The number of fused-ring (bicyclic) bond motifs is 2. The van der Waals surface area contributed by atoms with Gasteiger partial charge in [0.15, 0.2) is 0 Å². The van der Waals surface area contributed by atoms with E-state index in [1.54, 1.807) is 12.1 Å². The molecule has 5 rings (SSSR count). The molecule has 6 heteroatoms. The monoisotopic (exact) mass is 412 g/mol. The number of H-pyrrole nitrogens is 1. The molecule has 0 bridgehead atoms. The van der Waals surface area contributed by atoms with Gasteiger partial charge in [-0.25, -0.2) is 9.37 Å². The Bertz CT molecular complexity index is 1480. The van der Waals surface area contributed by atoms with Gasteiger partial charge in [0.2, 0.25) is 0 Å². The number of nitrogens with one attached hydrogen (secondary N) is 2. The number of pyridine rings is 2. The molecule has 0 atom stereocenters. The maximum absolute atomic E-state index is 13.2. The molecule has 2 aromatic carbocycles. The van der Waals surface area contributed by atoms with E-state index in [9.17, 15) is 9.18 Å². The Hall–Kier alpha value is -3.93. The van der Waals surface area contributed by atoms with Crippen LogP contribution in [0, 0.1) is 19.7 Å². The van der Waals surface area contributed by atoms with Gasteiger partial charge in [0.05, 0.1) is 11.1 Å². The highest BCUT2D eigenvalue weighted by Gasteiger charge is 2.18. The number of hydrogen-bond donors (Lipinski definition) is 2. The summed E-state index contributed by atoms with van der Waals surface area (Å²) in [5.74, 6) is 0.445. The van der Waals surface area contributed by atoms with Crippen LogP contribution in [0.1, 0.15) is 16.7 Å². The van der Waals surface area contributed by atoms with Gasteiger partial charge in [-0.3, -0.25) is 9.20 Å². The highest BCUT2D eigenvalue weighted by atomic mass is 19.1. The number of aromatic nitrogens is 3. The summed E-state index contributed by atoms with van der Waals surface area (Å²) in [4.78, 5) is 20.8. The summed E-state index contributed by atoms with van der Waals surface area (Å²) in [7, 11) is 0. The highest BCUT2D eigenvalue weighted by molar-refractivity contribution is 5.88. The molecule has 3 heterocycles. The van der Waals surface area contributed by atoms with E-state index >= 15 is 0 Å². The molecule has 31 heavy (non-hydrogen) atoms. The third kappa shape index (κ3) is 3.36. The van der Waals surface area contributed by atoms with Crippen molar-refractivity contribution in [2.24, 2.45) is 0 Å². The molecule has 0 aliphatic rings. The molecule has 0 amide bonds. The minimum absolute atomic E-state index is 0.186. The van der Waals surface area contributed by atoms with Crippen LogP contribution < -0.4 is 10.9 Å². The Morgan fingerprint density at radius 2 is 1.87 bits per heavy atom. The minimum Gasteiger partial charge on any atom is -0.365 e. The van der Waals surface area contributed by atoms with Crippen molar-refractivity contribution in [3.05, 3.63) is 99.7 Å². The lowest BCUT2D eigenvalue weighted by Gasteiger charge is -2.10. The van der Waals surface area contributed by atoms with E-state index in [0.29, 0.717) is 23.6 Å². The summed E-state index contributed by atoms with van der Waals surface area (Å²) in [5, 5.41) is 4.35. The van der Waals surface area contributed by atoms with Gasteiger partial charge >= 0.3 is 0 Å². The van der Waals surface area contributed by atoms with Crippen LogP contribution in [-0.2, 0) is 6.54 Å². The van der Waals surface area contributed by atoms with Crippen LogP contribution in [-0.4, -0.2) is 14.4 Å². The SMILES string of the molecule is Cc1ccc2cc(-c3nc4ccccn4c3NCc3ccc(F)cc3)c(=O)[nH]c2c1C. The molecule has 0 radical (unpaired) electrons. The second-order valence-electron chi connectivity index (χ2n) is 7.70. The van der Waals surface area contributed by atoms with Crippen molar-refractivity contribution in [3.8, 4) is 11.3 Å². The van der Waals surface area contributed by atoms with Gasteiger partial charge < -0.3 is 10.3 Å². The van der Waals surface area contributed by atoms with Crippen LogP contribution in [0.15, 0.2) is 71.7 Å². The van der Waals surface area contributed by atoms with Gasteiger partial charge in [0.25, 0.3) is 5.56 Å². The van der Waals surface area contributed by atoms with E-state index in [4.69, 9.17) is 4.98 Å². The number of aryl methyl sites for hydroxylation is 2. The predicted molar refractivity (Wildman–Crippen MR) is 122 cm³/mol. The van der Waals surface area contributed by atoms with Crippen LogP contribution in [0.2, 0.25) is 0 Å². The van der Waals surface area contributed by atoms with Crippen LogP contribution in [0.25, 0.3) is 27.8 Å². The average Bonchev–Trinajstić information content (AvgIpc) is 3.14. The molecular weight excluding hydrogens is 391 g/mol. The number of halogens is 1. The van der Waals surface area contributed by atoms with Gasteiger partial charge in [0.1, 0.15) is 23.0 Å². The zero-order valence-electron chi connectivity index (χ0n) is 17.2. The smallest absolute Gasteiger partial charge is 0.258 e. The second-order valence-corrected chi connectivity index (χ2v) is 7.70. The summed E-state index contributed by atoms with van der Waals surface area (Å²) in [6.07, 6.45) is 1.90. The van der Waals surface area contributed by atoms with Crippen molar-refractivity contribution in [1.82, 2.24) is 14.4 Å². The fraction of sp³-hybridized carbons (Fsp3) is 0.120. The maximum Gasteiger partial charge on any atom is 0.258 e. The molecule has 3 aromatic heterocycles. The van der Waals surface area contributed by atoms with Crippen LogP contribution in [0.3, 0.4) is 0 Å². The van der Waals surface area contributed by atoms with Crippen molar-refractivity contribution in [2.75, 3.05) is 5.32 Å². The summed E-state index contributed by atoms with van der Waals surface area (Å²) in [6.45, 7) is 4.51. The third-order valence-electron chi connectivity index (χ3n) is 5.71. The van der Waals surface area contributed by atoms with Gasteiger partial charge in [-0.2, -0.15) is 0 Å². The quantitative estimate of drug-likeness (QED) is 0.426. The standard InChI is InChI=1S/C25H21FN4O/c1-15-6-9-18-13-20(25(31)29-22(18)16(15)2)23-24(30-12-4-3-5-21(30)28-23)27-14-17-7-10-19(26)11-8-17/h3-13,27H,14H2,1-2H3,(H,29,31). The average molecular weight is 412 g/mol. The van der Waals surface area contributed by atoms with Crippen LogP contribution in [0.4, 0.5) is 10.2 Å². The number of rotatable bonds is 4. The number of nitrogens with zero attached hydrogens (tertiary/aromatic N) is 2. The minimum atomic E-state index is -0.271. The summed E-state index contributed by atoms with van der Waals surface area (Å²) >= 11 is 0. The molecule has 0 saturated carbocycles. The normalized spacial score (nSPS) is 11.3. The molecular formula is C25H21FN4O. The first-order valence-electron chi connectivity index (χ1n) is 10.1. The Morgan fingerprint density at radius 1 is 1.06 bits per heavy atom. The third-order valence-corrected chi connectivity index (χ3v) is 5.71. The molecule has 5 aromatic rings. The first-order valence-corrected chi connectivity index (χ1v) is 10.1. The number of benzene rings is 2. The predicted octanol–water partition coefficient (Wildman–Crippen LogP) is 5.21. The zero-order chi connectivity index (χ0) is 21.5. The Kier molecular flexibility index (Phi) is 4.55. The van der Waals surface area contributed by atoms with Crippen molar-refractivity contribution in [1.29, 1.82) is 0 Å². The second kappa shape index (κ2) is 7.40. The van der Waals surface area contributed by atoms with E-state index < -0.39 is 0 Å². The van der Waals surface area contributed by atoms with E-state index in [1.807, 2.05) is 54.8 Å². The topological polar surface area (TPSA) is 62.2 Å². The van der Waals surface area contributed by atoms with Gasteiger partial charge in [0, 0.05) is 12.7 Å². The molecule has 2 N–H and O–H groups in total. The van der Waals surface area contributed by atoms with Crippen molar-refractivity contribution in [2.45, 2.75) is 20.4 Å². The first kappa shape index (κ1) is 19.1. The maximum atomic E-state index is 13.2. The lowest BCUT2D eigenvalue weighted by Crippen LogP contribution is -2.11. The first-order chi connectivity index (χ1) is 15.0. The number of hydrogen-bond acceptors (Lipinski definition) is 3. The molecule has 0 unspecified atom stereocenters. The molecule has 0 aliphatic heterocycles. The van der Waals surface area contributed by atoms with Gasteiger partial charge in [-0.1, -0.05) is 30.3 Å². The summed E-state index contributed by atoms with van der Waals surface area (Å²) < 4.78 is 15.2. The fourth-order valence-corrected chi connectivity index (χ4v) is 3.84. The molecule has 154 valence electrons. The Labute approximate surface area is 178 Å². The van der Waals surface area contributed by atoms with Gasteiger partial charge in [-0.15, -0.1) is 0 Å². The zero-order valence-corrected chi connectivity index (χ0v) is 17.2. The van der Waals surface area contributed by atoms with Gasteiger partial charge in [-0.05, 0) is 66.3 Å². The van der Waals surface area contributed by atoms with Crippen molar-refractivity contribution >= 4 is 22.4 Å². The summed E-state index contributed by atoms with van der Waals surface area (Å²) in [6, 6.07) is 18.0. The Morgan fingerprint density at radius 3 is 2.68 bits per heavy atom. The molecule has 0 aliphatic carbocycles. The summed E-state index contributed by atoms with van der Waals surface area (Å²) in [5.41, 5.74) is 5.59. The molecule has 0 fully saturated rings. The van der Waals surface area contributed by atoms with E-state index in [-0.39, 0.29) is 11.4 Å².